The molecule has 0 unspecified atom stereocenters. The van der Waals surface area contributed by atoms with Crippen molar-refractivity contribution in [3.8, 4) is 11.4 Å². The summed E-state index contributed by atoms with van der Waals surface area (Å²) in [5.41, 5.74) is -0.316. The van der Waals surface area contributed by atoms with Gasteiger partial charge in [-0.05, 0) is 12.1 Å². The number of anilines is 1. The van der Waals surface area contributed by atoms with Gasteiger partial charge in [0.1, 0.15) is 11.6 Å². The Labute approximate surface area is 124 Å². The van der Waals surface area contributed by atoms with Crippen molar-refractivity contribution in [1.29, 1.82) is 0 Å². The molecule has 6 nitrogen and oxygen atoms in total. The number of halogens is 2. The predicted molar refractivity (Wildman–Crippen MR) is 77.9 cm³/mol. The van der Waals surface area contributed by atoms with Crippen LogP contribution in [0.4, 0.5) is 14.5 Å². The number of benzene rings is 1. The van der Waals surface area contributed by atoms with Crippen LogP contribution in [0.25, 0.3) is 5.69 Å². The molecule has 1 fully saturated rings. The van der Waals surface area contributed by atoms with E-state index in [9.17, 15) is 13.6 Å². The molecule has 0 saturated carbocycles. The zero-order valence-electron chi connectivity index (χ0n) is 11.6. The van der Waals surface area contributed by atoms with Crippen LogP contribution in [-0.4, -0.2) is 41.1 Å². The van der Waals surface area contributed by atoms with Gasteiger partial charge in [-0.1, -0.05) is 0 Å². The molecule has 2 heterocycles. The fourth-order valence-electron chi connectivity index (χ4n) is 2.44. The van der Waals surface area contributed by atoms with Gasteiger partial charge in [-0.2, -0.15) is 9.78 Å². The molecule has 0 spiro atoms. The summed E-state index contributed by atoms with van der Waals surface area (Å²) in [6.07, 6.45) is 1.39. The molecule has 3 rings (SSSR count). The van der Waals surface area contributed by atoms with Crippen molar-refractivity contribution in [3.63, 3.8) is 0 Å². The third-order valence-electron chi connectivity index (χ3n) is 3.51. The van der Waals surface area contributed by atoms with E-state index in [1.807, 2.05) is 4.90 Å². The summed E-state index contributed by atoms with van der Waals surface area (Å²) >= 11 is 0. The Hall–Kier alpha value is -2.48. The topological polar surface area (TPSA) is 73.1 Å². The lowest BCUT2D eigenvalue weighted by Gasteiger charge is -2.28. The van der Waals surface area contributed by atoms with Gasteiger partial charge in [-0.15, -0.1) is 0 Å². The van der Waals surface area contributed by atoms with Crippen LogP contribution in [-0.2, 0) is 0 Å². The third-order valence-corrected chi connectivity index (χ3v) is 3.51. The average Bonchev–Trinajstić information content (AvgIpc) is 2.50. The number of aromatic nitrogens is 2. The van der Waals surface area contributed by atoms with Crippen molar-refractivity contribution in [2.45, 2.75) is 0 Å². The van der Waals surface area contributed by atoms with Crippen molar-refractivity contribution in [2.75, 3.05) is 31.1 Å². The molecule has 8 heteroatoms. The Morgan fingerprint density at radius 3 is 2.41 bits per heavy atom. The van der Waals surface area contributed by atoms with Crippen LogP contribution in [0.5, 0.6) is 5.75 Å². The molecule has 1 aromatic carbocycles. The van der Waals surface area contributed by atoms with Crippen molar-refractivity contribution < 1.29 is 13.9 Å². The number of rotatable bonds is 2. The second-order valence-corrected chi connectivity index (χ2v) is 4.99. The predicted octanol–water partition coefficient (Wildman–Crippen LogP) is 0.358. The maximum Gasteiger partial charge on any atom is 0.369 e. The fourth-order valence-corrected chi connectivity index (χ4v) is 2.44. The third kappa shape index (κ3) is 2.64. The van der Waals surface area contributed by atoms with Gasteiger partial charge in [0.15, 0.2) is 5.69 Å². The van der Waals surface area contributed by atoms with Crippen LogP contribution in [0.15, 0.2) is 29.2 Å². The standard InChI is InChI=1S/C14H14F2N4O2/c15-9-5-10(16)7-11(6-9)20-14(22)13(21)12(8-18-20)19-3-1-17-2-4-19/h5-8,17,21H,1-4H2/p+1. The van der Waals surface area contributed by atoms with E-state index >= 15 is 0 Å². The number of nitrogens with zero attached hydrogens (tertiary/aromatic N) is 3. The van der Waals surface area contributed by atoms with E-state index in [1.54, 1.807) is 0 Å². The van der Waals surface area contributed by atoms with Crippen molar-refractivity contribution >= 4 is 5.69 Å². The highest BCUT2D eigenvalue weighted by Gasteiger charge is 2.22. The van der Waals surface area contributed by atoms with Gasteiger partial charge in [0.25, 0.3) is 0 Å². The summed E-state index contributed by atoms with van der Waals surface area (Å²) in [5, 5.41) is 15.1. The maximum absolute atomic E-state index is 13.3. The number of nitrogens with one attached hydrogen (secondary N) is 1. The second kappa shape index (κ2) is 5.72. The van der Waals surface area contributed by atoms with E-state index in [1.165, 1.54) is 6.20 Å². The van der Waals surface area contributed by atoms with E-state index < -0.39 is 17.2 Å². The molecule has 2 aromatic rings. The molecule has 22 heavy (non-hydrogen) atoms. The van der Waals surface area contributed by atoms with Crippen LogP contribution in [0.1, 0.15) is 0 Å². The Morgan fingerprint density at radius 1 is 1.14 bits per heavy atom. The van der Waals surface area contributed by atoms with Gasteiger partial charge >= 0.3 is 11.3 Å². The Morgan fingerprint density at radius 2 is 1.77 bits per heavy atom. The van der Waals surface area contributed by atoms with E-state index in [0.717, 1.165) is 29.9 Å². The zero-order chi connectivity index (χ0) is 15.7. The number of hydrogen-bond donors (Lipinski definition) is 1. The molecule has 0 bridgehead atoms. The van der Waals surface area contributed by atoms with E-state index in [-0.39, 0.29) is 11.4 Å². The molecule has 0 aliphatic carbocycles. The van der Waals surface area contributed by atoms with Crippen LogP contribution < -0.4 is 15.8 Å². The lowest BCUT2D eigenvalue weighted by Crippen LogP contribution is -2.44. The first-order valence-electron chi connectivity index (χ1n) is 6.82. The van der Waals surface area contributed by atoms with E-state index in [2.05, 4.69) is 10.4 Å². The monoisotopic (exact) mass is 309 g/mol. The summed E-state index contributed by atoms with van der Waals surface area (Å²) in [6.45, 7) is 2.87. The molecular formula is C14H15F2N4O2+. The summed E-state index contributed by atoms with van der Waals surface area (Å²) in [4.78, 5) is 14.2. The summed E-state index contributed by atoms with van der Waals surface area (Å²) in [5.74, 6) is -1.84. The number of piperazine rings is 1. The molecule has 1 aliphatic heterocycles. The summed E-state index contributed by atoms with van der Waals surface area (Å²) < 4.78 is 27.4. The Kier molecular flexibility index (Phi) is 3.76. The zero-order valence-corrected chi connectivity index (χ0v) is 11.6. The second-order valence-electron chi connectivity index (χ2n) is 4.99. The molecule has 0 amide bonds. The summed E-state index contributed by atoms with van der Waals surface area (Å²) in [6, 6.07) is 2.72. The number of hydrogen-bond acceptors (Lipinski definition) is 4. The minimum Gasteiger partial charge on any atom is -0.588 e. The molecule has 1 aliphatic rings. The van der Waals surface area contributed by atoms with E-state index in [0.29, 0.717) is 24.8 Å². The molecule has 1 aromatic heterocycles. The van der Waals surface area contributed by atoms with E-state index in [4.69, 9.17) is 5.11 Å². The molecule has 0 radical (unpaired) electrons. The Bertz CT molecular complexity index is 737. The normalized spacial score (nSPS) is 15.1. The smallest absolute Gasteiger partial charge is 0.369 e. The lowest BCUT2D eigenvalue weighted by molar-refractivity contribution is 0.454. The first kappa shape index (κ1) is 14.5. The van der Waals surface area contributed by atoms with Crippen molar-refractivity contribution in [2.24, 2.45) is 0 Å². The van der Waals surface area contributed by atoms with Gasteiger partial charge in [0.05, 0.1) is 11.9 Å². The largest absolute Gasteiger partial charge is 0.588 e. The van der Waals surface area contributed by atoms with Crippen molar-refractivity contribution in [1.82, 2.24) is 15.1 Å². The van der Waals surface area contributed by atoms with Gasteiger partial charge in [0, 0.05) is 32.2 Å². The highest BCUT2D eigenvalue weighted by molar-refractivity contribution is 5.56. The quantitative estimate of drug-likeness (QED) is 0.813. The minimum atomic E-state index is -0.804. The average molecular weight is 309 g/mol. The van der Waals surface area contributed by atoms with Crippen LogP contribution in [0.3, 0.4) is 0 Å². The van der Waals surface area contributed by atoms with Gasteiger partial charge in [0.2, 0.25) is 0 Å². The maximum atomic E-state index is 13.3. The fraction of sp³-hybridized carbons (Fsp3) is 0.286. The minimum absolute atomic E-state index is 0.0390. The first-order chi connectivity index (χ1) is 10.6. The van der Waals surface area contributed by atoms with Crippen molar-refractivity contribution in [3.05, 3.63) is 46.4 Å². The molecule has 116 valence electrons. The lowest BCUT2D eigenvalue weighted by atomic mass is 10.3. The molecule has 1 saturated heterocycles. The highest BCUT2D eigenvalue weighted by atomic mass is 19.1. The summed E-state index contributed by atoms with van der Waals surface area (Å²) in [7, 11) is 0. The first-order valence-corrected chi connectivity index (χ1v) is 6.82. The van der Waals surface area contributed by atoms with Crippen LogP contribution in [0.2, 0.25) is 0 Å². The van der Waals surface area contributed by atoms with Crippen LogP contribution in [0, 0.1) is 11.6 Å². The van der Waals surface area contributed by atoms with Gasteiger partial charge < -0.3 is 15.3 Å². The molecule has 0 atom stereocenters. The van der Waals surface area contributed by atoms with Gasteiger partial charge in [-0.3, -0.25) is 4.79 Å². The molecule has 3 N–H and O–H groups in total. The SMILES string of the molecule is O=c1c([OH2+])c(N2CCNCC2)cnn1-c1cc(F)cc(F)c1. The van der Waals surface area contributed by atoms with Crippen LogP contribution >= 0.6 is 0 Å². The Balaban J connectivity index is 2.04. The van der Waals surface area contributed by atoms with Gasteiger partial charge in [-0.25, -0.2) is 8.78 Å². The molecular weight excluding hydrogens is 294 g/mol. The highest BCUT2D eigenvalue weighted by Crippen LogP contribution is 2.23.